The van der Waals surface area contributed by atoms with Gasteiger partial charge in [-0.1, -0.05) is 12.1 Å². The minimum absolute atomic E-state index is 0.0157. The van der Waals surface area contributed by atoms with E-state index >= 15 is 0 Å². The van der Waals surface area contributed by atoms with Crippen LogP contribution in [0.15, 0.2) is 24.3 Å². The first-order valence-corrected chi connectivity index (χ1v) is 5.17. The van der Waals surface area contributed by atoms with Crippen LogP contribution >= 0.6 is 0 Å². The zero-order valence-electron chi connectivity index (χ0n) is 8.87. The van der Waals surface area contributed by atoms with E-state index in [4.69, 9.17) is 10.5 Å². The lowest BCUT2D eigenvalue weighted by Crippen LogP contribution is -2.51. The molecule has 15 heavy (non-hydrogen) atoms. The Morgan fingerprint density at radius 2 is 2.00 bits per heavy atom. The van der Waals surface area contributed by atoms with Crippen molar-refractivity contribution < 1.29 is 9.13 Å². The first kappa shape index (κ1) is 10.6. The number of benzene rings is 1. The van der Waals surface area contributed by atoms with Crippen molar-refractivity contribution in [2.45, 2.75) is 24.3 Å². The van der Waals surface area contributed by atoms with E-state index < -0.39 is 0 Å². The van der Waals surface area contributed by atoms with Gasteiger partial charge >= 0.3 is 0 Å². The van der Waals surface area contributed by atoms with Crippen LogP contribution in [-0.4, -0.2) is 19.8 Å². The Morgan fingerprint density at radius 3 is 2.47 bits per heavy atom. The molecule has 2 rings (SSSR count). The second-order valence-electron chi connectivity index (χ2n) is 4.39. The second kappa shape index (κ2) is 3.91. The van der Waals surface area contributed by atoms with E-state index in [0.29, 0.717) is 6.61 Å². The summed E-state index contributed by atoms with van der Waals surface area (Å²) in [5.41, 5.74) is 6.97. The minimum atomic E-state index is -0.199. The Labute approximate surface area is 89.2 Å². The van der Waals surface area contributed by atoms with Gasteiger partial charge in [0.2, 0.25) is 0 Å². The molecule has 1 fully saturated rings. The summed E-state index contributed by atoms with van der Waals surface area (Å²) in [5, 5.41) is 0. The summed E-state index contributed by atoms with van der Waals surface area (Å²) in [4.78, 5) is 0. The molecule has 0 spiro atoms. The molecule has 0 radical (unpaired) electrons. The van der Waals surface area contributed by atoms with Gasteiger partial charge in [0.25, 0.3) is 0 Å². The summed E-state index contributed by atoms with van der Waals surface area (Å²) in [6, 6.07) is 6.92. The van der Waals surface area contributed by atoms with E-state index in [9.17, 15) is 4.39 Å². The Kier molecular flexibility index (Phi) is 2.76. The summed E-state index contributed by atoms with van der Waals surface area (Å²) < 4.78 is 18.0. The van der Waals surface area contributed by atoms with E-state index in [2.05, 4.69) is 0 Å². The van der Waals surface area contributed by atoms with E-state index in [-0.39, 0.29) is 17.3 Å². The van der Waals surface area contributed by atoms with E-state index in [0.717, 1.165) is 18.4 Å². The Balaban J connectivity index is 2.22. The number of rotatable bonds is 3. The van der Waals surface area contributed by atoms with Crippen LogP contribution in [0, 0.1) is 5.82 Å². The highest BCUT2D eigenvalue weighted by Gasteiger charge is 2.43. The molecular weight excluding hydrogens is 193 g/mol. The second-order valence-corrected chi connectivity index (χ2v) is 4.39. The number of halogens is 1. The van der Waals surface area contributed by atoms with E-state index in [1.54, 1.807) is 7.11 Å². The van der Waals surface area contributed by atoms with E-state index in [1.165, 1.54) is 12.1 Å². The van der Waals surface area contributed by atoms with Crippen molar-refractivity contribution in [3.05, 3.63) is 35.6 Å². The molecule has 3 heteroatoms. The van der Waals surface area contributed by atoms with Gasteiger partial charge < -0.3 is 10.5 Å². The first-order valence-electron chi connectivity index (χ1n) is 5.17. The maximum absolute atomic E-state index is 12.8. The molecule has 0 amide bonds. The molecule has 0 aromatic heterocycles. The third-order valence-electron chi connectivity index (χ3n) is 3.18. The predicted molar refractivity (Wildman–Crippen MR) is 57.2 cm³/mol. The highest BCUT2D eigenvalue weighted by Crippen LogP contribution is 2.43. The molecule has 1 saturated carbocycles. The van der Waals surface area contributed by atoms with Crippen molar-refractivity contribution in [2.75, 3.05) is 13.7 Å². The van der Waals surface area contributed by atoms with Gasteiger partial charge in [-0.3, -0.25) is 0 Å². The molecule has 0 unspecified atom stereocenters. The number of ether oxygens (including phenoxy) is 1. The number of nitrogens with two attached hydrogens (primary N) is 1. The third kappa shape index (κ3) is 1.90. The van der Waals surface area contributed by atoms with Gasteiger partial charge in [0.1, 0.15) is 5.82 Å². The predicted octanol–water partition coefficient (Wildman–Crippen LogP) is 1.83. The van der Waals surface area contributed by atoms with Gasteiger partial charge in [0.15, 0.2) is 0 Å². The molecule has 82 valence electrons. The van der Waals surface area contributed by atoms with Crippen LogP contribution in [0.5, 0.6) is 0 Å². The van der Waals surface area contributed by atoms with Gasteiger partial charge in [-0.2, -0.15) is 0 Å². The maximum Gasteiger partial charge on any atom is 0.123 e. The van der Waals surface area contributed by atoms with Crippen LogP contribution < -0.4 is 5.73 Å². The Morgan fingerprint density at radius 1 is 1.40 bits per heavy atom. The molecule has 2 nitrogen and oxygen atoms in total. The number of hydrogen-bond acceptors (Lipinski definition) is 2. The van der Waals surface area contributed by atoms with Crippen molar-refractivity contribution in [3.8, 4) is 0 Å². The molecule has 0 bridgehead atoms. The molecule has 0 heterocycles. The summed E-state index contributed by atoms with van der Waals surface area (Å²) in [6.07, 6.45) is 1.85. The molecule has 0 aliphatic heterocycles. The zero-order chi connectivity index (χ0) is 10.9. The van der Waals surface area contributed by atoms with Crippen molar-refractivity contribution in [2.24, 2.45) is 5.73 Å². The lowest BCUT2D eigenvalue weighted by atomic mass is 9.62. The fourth-order valence-electron chi connectivity index (χ4n) is 2.46. The molecule has 1 aliphatic carbocycles. The molecule has 2 N–H and O–H groups in total. The summed E-state index contributed by atoms with van der Waals surface area (Å²) in [5.74, 6) is -0.199. The smallest absolute Gasteiger partial charge is 0.123 e. The Hall–Kier alpha value is -0.930. The van der Waals surface area contributed by atoms with Crippen molar-refractivity contribution >= 4 is 0 Å². The van der Waals surface area contributed by atoms with Gasteiger partial charge in [-0.15, -0.1) is 0 Å². The van der Waals surface area contributed by atoms with E-state index in [1.807, 2.05) is 12.1 Å². The Bertz CT molecular complexity index is 324. The quantitative estimate of drug-likeness (QED) is 0.824. The van der Waals surface area contributed by atoms with Crippen molar-refractivity contribution in [3.63, 3.8) is 0 Å². The molecule has 0 saturated heterocycles. The molecule has 1 aromatic carbocycles. The summed E-state index contributed by atoms with van der Waals surface area (Å²) in [6.45, 7) is 0.659. The normalized spacial score (nSPS) is 29.9. The first-order chi connectivity index (χ1) is 7.16. The monoisotopic (exact) mass is 209 g/mol. The fourth-order valence-corrected chi connectivity index (χ4v) is 2.46. The highest BCUT2D eigenvalue weighted by atomic mass is 19.1. The molecule has 0 atom stereocenters. The SMILES string of the molecule is COCC1(c2ccc(F)cc2)CC(N)C1. The maximum atomic E-state index is 12.8. The number of hydrogen-bond donors (Lipinski definition) is 1. The van der Waals surface area contributed by atoms with Crippen LogP contribution in [0.4, 0.5) is 4.39 Å². The van der Waals surface area contributed by atoms with Crippen LogP contribution in [-0.2, 0) is 10.2 Å². The van der Waals surface area contributed by atoms with Gasteiger partial charge in [0.05, 0.1) is 6.61 Å². The average Bonchev–Trinajstić information content (AvgIpc) is 2.16. The van der Waals surface area contributed by atoms with Gasteiger partial charge in [-0.05, 0) is 30.5 Å². The van der Waals surface area contributed by atoms with Crippen molar-refractivity contribution in [1.82, 2.24) is 0 Å². The van der Waals surface area contributed by atoms with Crippen LogP contribution in [0.25, 0.3) is 0 Å². The fraction of sp³-hybridized carbons (Fsp3) is 0.500. The standard InChI is InChI=1S/C12H16FNO/c1-15-8-12(6-11(14)7-12)9-2-4-10(13)5-3-9/h2-5,11H,6-8,14H2,1H3. The highest BCUT2D eigenvalue weighted by molar-refractivity contribution is 5.30. The topological polar surface area (TPSA) is 35.2 Å². The van der Waals surface area contributed by atoms with Gasteiger partial charge in [-0.25, -0.2) is 4.39 Å². The van der Waals surface area contributed by atoms with Gasteiger partial charge in [0, 0.05) is 18.6 Å². The lowest BCUT2D eigenvalue weighted by Gasteiger charge is -2.46. The lowest BCUT2D eigenvalue weighted by molar-refractivity contribution is 0.0661. The van der Waals surface area contributed by atoms with Crippen LogP contribution in [0.2, 0.25) is 0 Å². The largest absolute Gasteiger partial charge is 0.384 e. The number of methoxy groups -OCH3 is 1. The summed E-state index contributed by atoms with van der Waals surface area (Å²) >= 11 is 0. The van der Waals surface area contributed by atoms with Crippen LogP contribution in [0.3, 0.4) is 0 Å². The zero-order valence-corrected chi connectivity index (χ0v) is 8.87. The molecule has 1 aliphatic rings. The minimum Gasteiger partial charge on any atom is -0.384 e. The summed E-state index contributed by atoms with van der Waals surface area (Å²) in [7, 11) is 1.69. The van der Waals surface area contributed by atoms with Crippen molar-refractivity contribution in [1.29, 1.82) is 0 Å². The average molecular weight is 209 g/mol. The van der Waals surface area contributed by atoms with Crippen LogP contribution in [0.1, 0.15) is 18.4 Å². The molecule has 1 aromatic rings. The molecular formula is C12H16FNO. The third-order valence-corrected chi connectivity index (χ3v) is 3.18.